The van der Waals surface area contributed by atoms with E-state index in [4.69, 9.17) is 0 Å². The zero-order valence-electron chi connectivity index (χ0n) is 12.6. The Hall–Kier alpha value is -1.68. The van der Waals surface area contributed by atoms with Crippen LogP contribution >= 0.6 is 0 Å². The van der Waals surface area contributed by atoms with Gasteiger partial charge in [-0.25, -0.2) is 0 Å². The van der Waals surface area contributed by atoms with Gasteiger partial charge in [0.2, 0.25) is 0 Å². The van der Waals surface area contributed by atoms with Gasteiger partial charge in [-0.2, -0.15) is 0 Å². The van der Waals surface area contributed by atoms with Crippen LogP contribution in [0.4, 0.5) is 0 Å². The van der Waals surface area contributed by atoms with Crippen LogP contribution in [0.5, 0.6) is 0 Å². The van der Waals surface area contributed by atoms with Gasteiger partial charge in [0.25, 0.3) is 0 Å². The van der Waals surface area contributed by atoms with Gasteiger partial charge in [-0.05, 0) is 29.4 Å². The minimum atomic E-state index is 0.401. The number of hydrogen-bond donors (Lipinski definition) is 2. The number of rotatable bonds is 6. The summed E-state index contributed by atoms with van der Waals surface area (Å²) in [4.78, 5) is 0. The van der Waals surface area contributed by atoms with Crippen LogP contribution in [0.3, 0.4) is 0 Å². The second kappa shape index (κ2) is 6.66. The predicted molar refractivity (Wildman–Crippen MR) is 81.1 cm³/mol. The van der Waals surface area contributed by atoms with Gasteiger partial charge in [-0.1, -0.05) is 50.3 Å². The van der Waals surface area contributed by atoms with E-state index in [-0.39, 0.29) is 0 Å². The summed E-state index contributed by atoms with van der Waals surface area (Å²) < 4.78 is 0. The summed E-state index contributed by atoms with van der Waals surface area (Å²) in [6.07, 6.45) is 4.11. The van der Waals surface area contributed by atoms with Crippen LogP contribution in [0, 0.1) is 5.41 Å². The van der Waals surface area contributed by atoms with Crippen LogP contribution in [0.1, 0.15) is 44.0 Å². The second-order valence-electron chi connectivity index (χ2n) is 6.46. The highest BCUT2D eigenvalue weighted by molar-refractivity contribution is 5.22. The minimum absolute atomic E-state index is 0.401. The van der Waals surface area contributed by atoms with Gasteiger partial charge in [0, 0.05) is 13.1 Å². The summed E-state index contributed by atoms with van der Waals surface area (Å²) in [6.45, 7) is 8.48. The van der Waals surface area contributed by atoms with Crippen molar-refractivity contribution in [2.75, 3.05) is 0 Å². The first-order valence-electron chi connectivity index (χ1n) is 7.16. The first kappa shape index (κ1) is 14.7. The average molecular weight is 272 g/mol. The number of aromatic nitrogens is 3. The molecule has 1 heterocycles. The standard InChI is InChI=1S/C16H24N4/c1-16(2,3)9-8-13-4-6-14(7-5-13)10-17-11-15-12-18-20-19-15/h4-7,12,17H,8-11H2,1-3H3,(H,18,19,20). The third-order valence-electron chi connectivity index (χ3n) is 3.30. The lowest BCUT2D eigenvalue weighted by atomic mass is 9.88. The van der Waals surface area contributed by atoms with E-state index in [1.54, 1.807) is 6.20 Å². The van der Waals surface area contributed by atoms with Crippen LogP contribution < -0.4 is 5.32 Å². The van der Waals surface area contributed by atoms with E-state index in [1.807, 2.05) is 0 Å². The van der Waals surface area contributed by atoms with Gasteiger partial charge in [0.15, 0.2) is 0 Å². The summed E-state index contributed by atoms with van der Waals surface area (Å²) in [5, 5.41) is 13.6. The molecule has 1 aromatic carbocycles. The monoisotopic (exact) mass is 272 g/mol. The molecule has 4 nitrogen and oxygen atoms in total. The van der Waals surface area contributed by atoms with Crippen molar-refractivity contribution in [1.29, 1.82) is 0 Å². The lowest BCUT2D eigenvalue weighted by molar-refractivity contribution is 0.378. The summed E-state index contributed by atoms with van der Waals surface area (Å²) in [7, 11) is 0. The molecule has 2 rings (SSSR count). The zero-order valence-corrected chi connectivity index (χ0v) is 12.6. The van der Waals surface area contributed by atoms with Crippen molar-refractivity contribution < 1.29 is 0 Å². The molecule has 0 radical (unpaired) electrons. The number of H-pyrrole nitrogens is 1. The largest absolute Gasteiger partial charge is 0.307 e. The topological polar surface area (TPSA) is 53.6 Å². The van der Waals surface area contributed by atoms with E-state index in [2.05, 4.69) is 65.8 Å². The Morgan fingerprint density at radius 2 is 1.75 bits per heavy atom. The van der Waals surface area contributed by atoms with Crippen molar-refractivity contribution in [3.8, 4) is 0 Å². The number of hydrogen-bond acceptors (Lipinski definition) is 3. The van der Waals surface area contributed by atoms with Gasteiger partial charge in [0.05, 0.1) is 11.9 Å². The SMILES string of the molecule is CC(C)(C)CCc1ccc(CNCc2cnn[nH]2)cc1. The Labute approximate surface area is 121 Å². The van der Waals surface area contributed by atoms with Crippen molar-refractivity contribution in [2.45, 2.75) is 46.7 Å². The molecule has 0 aliphatic rings. The molecule has 0 unspecified atom stereocenters. The quantitative estimate of drug-likeness (QED) is 0.849. The van der Waals surface area contributed by atoms with Gasteiger partial charge in [-0.3, -0.25) is 5.10 Å². The van der Waals surface area contributed by atoms with Crippen molar-refractivity contribution >= 4 is 0 Å². The highest BCUT2D eigenvalue weighted by Gasteiger charge is 2.09. The first-order chi connectivity index (χ1) is 9.53. The van der Waals surface area contributed by atoms with Crippen LogP contribution in [-0.4, -0.2) is 15.4 Å². The Bertz CT molecular complexity index is 494. The maximum Gasteiger partial charge on any atom is 0.0735 e. The summed E-state index contributed by atoms with van der Waals surface area (Å²) in [5.41, 5.74) is 4.13. The summed E-state index contributed by atoms with van der Waals surface area (Å²) in [5.74, 6) is 0. The molecule has 108 valence electrons. The molecule has 0 amide bonds. The number of nitrogens with zero attached hydrogens (tertiary/aromatic N) is 2. The Kier molecular flexibility index (Phi) is 4.90. The molecule has 1 aromatic heterocycles. The van der Waals surface area contributed by atoms with Gasteiger partial charge in [-0.15, -0.1) is 5.10 Å². The van der Waals surface area contributed by atoms with Crippen LogP contribution in [0.15, 0.2) is 30.5 Å². The number of benzene rings is 1. The van der Waals surface area contributed by atoms with E-state index in [1.165, 1.54) is 17.5 Å². The van der Waals surface area contributed by atoms with Crippen molar-refractivity contribution in [2.24, 2.45) is 5.41 Å². The number of aromatic amines is 1. The molecular formula is C16H24N4. The lowest BCUT2D eigenvalue weighted by Gasteiger charge is -2.17. The van der Waals surface area contributed by atoms with Crippen LogP contribution in [0.25, 0.3) is 0 Å². The molecule has 2 N–H and O–H groups in total. The molecule has 0 saturated heterocycles. The number of aryl methyl sites for hydroxylation is 1. The molecule has 0 atom stereocenters. The molecule has 2 aromatic rings. The Morgan fingerprint density at radius 3 is 2.35 bits per heavy atom. The average Bonchev–Trinajstić information content (AvgIpc) is 2.90. The maximum absolute atomic E-state index is 3.75. The third kappa shape index (κ3) is 5.13. The predicted octanol–water partition coefficient (Wildman–Crippen LogP) is 3.07. The molecule has 0 spiro atoms. The fraction of sp³-hybridized carbons (Fsp3) is 0.500. The van der Waals surface area contributed by atoms with E-state index in [9.17, 15) is 0 Å². The molecule has 0 aliphatic heterocycles. The van der Waals surface area contributed by atoms with Crippen LogP contribution in [0.2, 0.25) is 0 Å². The number of nitrogens with one attached hydrogen (secondary N) is 2. The van der Waals surface area contributed by atoms with Gasteiger partial charge >= 0.3 is 0 Å². The van der Waals surface area contributed by atoms with Crippen LogP contribution in [-0.2, 0) is 19.5 Å². The van der Waals surface area contributed by atoms with Crippen molar-refractivity contribution in [1.82, 2.24) is 20.7 Å². The van der Waals surface area contributed by atoms with E-state index in [0.29, 0.717) is 5.41 Å². The van der Waals surface area contributed by atoms with Gasteiger partial charge in [0.1, 0.15) is 0 Å². The second-order valence-corrected chi connectivity index (χ2v) is 6.46. The molecule has 4 heteroatoms. The Morgan fingerprint density at radius 1 is 1.05 bits per heavy atom. The summed E-state index contributed by atoms with van der Waals surface area (Å²) in [6, 6.07) is 8.88. The third-order valence-corrected chi connectivity index (χ3v) is 3.30. The smallest absolute Gasteiger partial charge is 0.0735 e. The Balaban J connectivity index is 1.76. The van der Waals surface area contributed by atoms with Gasteiger partial charge < -0.3 is 5.32 Å². The molecule has 0 aliphatic carbocycles. The molecular weight excluding hydrogens is 248 g/mol. The lowest BCUT2D eigenvalue weighted by Crippen LogP contribution is -2.13. The maximum atomic E-state index is 3.75. The van der Waals surface area contributed by atoms with E-state index < -0.39 is 0 Å². The van der Waals surface area contributed by atoms with Crippen molar-refractivity contribution in [3.05, 3.63) is 47.3 Å². The summed E-state index contributed by atoms with van der Waals surface area (Å²) >= 11 is 0. The zero-order chi connectivity index (χ0) is 14.4. The molecule has 0 saturated carbocycles. The van der Waals surface area contributed by atoms with Crippen molar-refractivity contribution in [3.63, 3.8) is 0 Å². The van der Waals surface area contributed by atoms with E-state index in [0.717, 1.165) is 25.2 Å². The highest BCUT2D eigenvalue weighted by Crippen LogP contribution is 2.21. The minimum Gasteiger partial charge on any atom is -0.307 e. The fourth-order valence-corrected chi connectivity index (χ4v) is 1.99. The molecule has 0 fully saturated rings. The van der Waals surface area contributed by atoms with E-state index >= 15 is 0 Å². The molecule has 0 bridgehead atoms. The molecule has 20 heavy (non-hydrogen) atoms. The first-order valence-corrected chi connectivity index (χ1v) is 7.16. The highest BCUT2D eigenvalue weighted by atomic mass is 15.3. The normalized spacial score (nSPS) is 11.8. The fourth-order valence-electron chi connectivity index (χ4n) is 1.99.